The molecule has 0 saturated heterocycles. The van der Waals surface area contributed by atoms with Gasteiger partial charge in [-0.15, -0.1) is 5.10 Å². The number of carbonyl (C=O) groups is 2. The van der Waals surface area contributed by atoms with Gasteiger partial charge in [-0.05, 0) is 25.0 Å². The lowest BCUT2D eigenvalue weighted by molar-refractivity contribution is -0.149. The van der Waals surface area contributed by atoms with E-state index in [0.29, 0.717) is 18.4 Å². The fraction of sp³-hybridized carbons (Fsp3) is 0.421. The Hall–Kier alpha value is -3.41. The van der Waals surface area contributed by atoms with Crippen molar-refractivity contribution >= 4 is 11.9 Å². The highest BCUT2D eigenvalue weighted by molar-refractivity contribution is 5.81. The van der Waals surface area contributed by atoms with Crippen LogP contribution in [0.15, 0.2) is 39.5 Å². The van der Waals surface area contributed by atoms with Gasteiger partial charge in [-0.25, -0.2) is 4.79 Å². The van der Waals surface area contributed by atoms with Crippen molar-refractivity contribution in [2.75, 3.05) is 6.61 Å². The molecule has 0 atom stereocenters. The van der Waals surface area contributed by atoms with Crippen molar-refractivity contribution in [3.05, 3.63) is 40.9 Å². The second-order valence-electron chi connectivity index (χ2n) is 6.66. The van der Waals surface area contributed by atoms with Crippen LogP contribution >= 0.6 is 0 Å². The average molecular weight is 384 g/mol. The van der Waals surface area contributed by atoms with Crippen LogP contribution in [0.2, 0.25) is 0 Å². The summed E-state index contributed by atoms with van der Waals surface area (Å²) in [5, 5.41) is 16.0. The van der Waals surface area contributed by atoms with Crippen molar-refractivity contribution in [3.63, 3.8) is 0 Å². The fourth-order valence-corrected chi connectivity index (χ4v) is 3.14. The maximum atomic E-state index is 12.0. The summed E-state index contributed by atoms with van der Waals surface area (Å²) in [5.74, 6) is -2.07. The van der Waals surface area contributed by atoms with E-state index in [0.717, 1.165) is 23.9 Å². The van der Waals surface area contributed by atoms with Crippen LogP contribution < -0.4 is 11.1 Å². The molecule has 1 aromatic heterocycles. The molecule has 2 aromatic rings. The topological polar surface area (TPSA) is 127 Å². The highest BCUT2D eigenvalue weighted by Gasteiger charge is 2.33. The molecule has 146 valence electrons. The molecule has 1 saturated carbocycles. The molecule has 0 bridgehead atoms. The molecule has 0 spiro atoms. The van der Waals surface area contributed by atoms with Crippen molar-refractivity contribution in [3.8, 4) is 17.5 Å². The van der Waals surface area contributed by atoms with Gasteiger partial charge < -0.3 is 14.5 Å². The number of amides is 1. The van der Waals surface area contributed by atoms with E-state index in [2.05, 4.69) is 16.5 Å². The van der Waals surface area contributed by atoms with E-state index in [1.807, 2.05) is 6.07 Å². The predicted octanol–water partition coefficient (Wildman–Crippen LogP) is 1.39. The van der Waals surface area contributed by atoms with Crippen molar-refractivity contribution in [2.45, 2.75) is 44.2 Å². The van der Waals surface area contributed by atoms with Crippen LogP contribution in [-0.4, -0.2) is 33.8 Å². The minimum Gasteiger partial charge on any atom is -0.454 e. The number of carbonyl (C=O) groups excluding carboxylic acids is 2. The summed E-state index contributed by atoms with van der Waals surface area (Å²) in [6, 6.07) is 10.9. The van der Waals surface area contributed by atoms with E-state index >= 15 is 0 Å². The molecule has 1 N–H and O–H groups in total. The first-order valence-corrected chi connectivity index (χ1v) is 9.03. The molecule has 0 radical (unpaired) electrons. The van der Waals surface area contributed by atoms with E-state index in [4.69, 9.17) is 9.15 Å². The normalized spacial score (nSPS) is 15.4. The highest BCUT2D eigenvalue weighted by atomic mass is 16.5. The zero-order valence-corrected chi connectivity index (χ0v) is 15.2. The number of nitriles is 1. The van der Waals surface area contributed by atoms with Gasteiger partial charge in [-0.2, -0.15) is 9.94 Å². The SMILES string of the molecule is N#CC1(NC(=O)COC(=O)Cn2nc(-c3ccccc3)oc2=O)CCCCC1. The highest BCUT2D eigenvalue weighted by Crippen LogP contribution is 2.27. The summed E-state index contributed by atoms with van der Waals surface area (Å²) in [5.41, 5.74) is -0.296. The second kappa shape index (κ2) is 8.52. The molecule has 0 unspecified atom stereocenters. The number of nitrogens with zero attached hydrogens (tertiary/aromatic N) is 3. The lowest BCUT2D eigenvalue weighted by Crippen LogP contribution is -2.50. The molecule has 28 heavy (non-hydrogen) atoms. The Kier molecular flexibility index (Phi) is 5.89. The molecule has 3 rings (SSSR count). The smallest absolute Gasteiger partial charge is 0.437 e. The summed E-state index contributed by atoms with van der Waals surface area (Å²) >= 11 is 0. The van der Waals surface area contributed by atoms with Gasteiger partial charge >= 0.3 is 11.7 Å². The van der Waals surface area contributed by atoms with Crippen LogP contribution in [0.4, 0.5) is 0 Å². The van der Waals surface area contributed by atoms with Crippen molar-refractivity contribution in [1.29, 1.82) is 5.26 Å². The molecule has 1 amide bonds. The second-order valence-corrected chi connectivity index (χ2v) is 6.66. The maximum absolute atomic E-state index is 12.0. The van der Waals surface area contributed by atoms with Gasteiger partial charge in [-0.1, -0.05) is 37.5 Å². The molecule has 9 nitrogen and oxygen atoms in total. The van der Waals surface area contributed by atoms with Crippen LogP contribution in [0.1, 0.15) is 32.1 Å². The Morgan fingerprint density at radius 3 is 2.64 bits per heavy atom. The number of hydrogen-bond donors (Lipinski definition) is 1. The Labute approximate surface area is 160 Å². The number of esters is 1. The summed E-state index contributed by atoms with van der Waals surface area (Å²) in [6.07, 6.45) is 3.93. The number of nitrogens with one attached hydrogen (secondary N) is 1. The molecule has 1 fully saturated rings. The Morgan fingerprint density at radius 2 is 1.96 bits per heavy atom. The number of ether oxygens (including phenoxy) is 1. The summed E-state index contributed by atoms with van der Waals surface area (Å²) < 4.78 is 10.8. The van der Waals surface area contributed by atoms with E-state index in [1.165, 1.54) is 0 Å². The monoisotopic (exact) mass is 384 g/mol. The molecular formula is C19H20N4O5. The first-order valence-electron chi connectivity index (χ1n) is 9.03. The molecule has 1 aromatic carbocycles. The van der Waals surface area contributed by atoms with Crippen molar-refractivity contribution < 1.29 is 18.7 Å². The summed E-state index contributed by atoms with van der Waals surface area (Å²) in [7, 11) is 0. The van der Waals surface area contributed by atoms with Crippen molar-refractivity contribution in [1.82, 2.24) is 15.1 Å². The molecule has 1 aliphatic rings. The van der Waals surface area contributed by atoms with Crippen LogP contribution in [0.5, 0.6) is 0 Å². The van der Waals surface area contributed by atoms with E-state index in [1.54, 1.807) is 24.3 Å². The van der Waals surface area contributed by atoms with Gasteiger partial charge in [0.15, 0.2) is 6.61 Å². The molecule has 0 aliphatic heterocycles. The predicted molar refractivity (Wildman–Crippen MR) is 96.7 cm³/mol. The third-order valence-electron chi connectivity index (χ3n) is 4.57. The summed E-state index contributed by atoms with van der Waals surface area (Å²) in [4.78, 5) is 35.8. The molecule has 1 heterocycles. The van der Waals surface area contributed by atoms with Crippen molar-refractivity contribution in [2.24, 2.45) is 0 Å². The molecule has 1 aliphatic carbocycles. The fourth-order valence-electron chi connectivity index (χ4n) is 3.14. The Balaban J connectivity index is 1.53. The van der Waals surface area contributed by atoms with Gasteiger partial charge in [0, 0.05) is 5.56 Å². The van der Waals surface area contributed by atoms with Crippen LogP contribution in [-0.2, 0) is 20.9 Å². The average Bonchev–Trinajstić information content (AvgIpc) is 3.08. The van der Waals surface area contributed by atoms with E-state index in [9.17, 15) is 19.6 Å². The Morgan fingerprint density at radius 1 is 1.25 bits per heavy atom. The third kappa shape index (κ3) is 4.65. The molecular weight excluding hydrogens is 364 g/mol. The van der Waals surface area contributed by atoms with E-state index < -0.39 is 36.3 Å². The van der Waals surface area contributed by atoms with Gasteiger partial charge in [-0.3, -0.25) is 9.59 Å². The largest absolute Gasteiger partial charge is 0.454 e. The summed E-state index contributed by atoms with van der Waals surface area (Å²) in [6.45, 7) is -1.01. The molecule has 9 heteroatoms. The zero-order chi connectivity index (χ0) is 20.0. The minimum atomic E-state index is -0.893. The number of benzene rings is 1. The van der Waals surface area contributed by atoms with Gasteiger partial charge in [0.25, 0.3) is 5.91 Å². The number of hydrogen-bond acceptors (Lipinski definition) is 7. The number of aromatic nitrogens is 2. The van der Waals surface area contributed by atoms with Crippen LogP contribution in [0.3, 0.4) is 0 Å². The van der Waals surface area contributed by atoms with Gasteiger partial charge in [0.1, 0.15) is 12.1 Å². The third-order valence-corrected chi connectivity index (χ3v) is 4.57. The maximum Gasteiger partial charge on any atom is 0.437 e. The van der Waals surface area contributed by atoms with Crippen LogP contribution in [0.25, 0.3) is 11.5 Å². The minimum absolute atomic E-state index is 0.0874. The van der Waals surface area contributed by atoms with Gasteiger partial charge in [0.05, 0.1) is 6.07 Å². The van der Waals surface area contributed by atoms with Crippen LogP contribution in [0, 0.1) is 11.3 Å². The number of rotatable bonds is 6. The van der Waals surface area contributed by atoms with Gasteiger partial charge in [0.2, 0.25) is 5.89 Å². The zero-order valence-electron chi connectivity index (χ0n) is 15.2. The first kappa shape index (κ1) is 19.4. The lowest BCUT2D eigenvalue weighted by atomic mass is 9.83. The lowest BCUT2D eigenvalue weighted by Gasteiger charge is -2.31. The van der Waals surface area contributed by atoms with E-state index in [-0.39, 0.29) is 5.89 Å². The first-order chi connectivity index (χ1) is 13.5. The Bertz CT molecular complexity index is 935. The quantitative estimate of drug-likeness (QED) is 0.746. The standard InChI is InChI=1S/C19H20N4O5/c20-13-19(9-5-2-6-10-19)21-15(24)12-27-16(25)11-23-18(26)28-17(22-23)14-7-3-1-4-8-14/h1,3-4,7-8H,2,5-6,9-12H2,(H,21,24).